The summed E-state index contributed by atoms with van der Waals surface area (Å²) >= 11 is 0. The van der Waals surface area contributed by atoms with E-state index >= 15 is 0 Å². The van der Waals surface area contributed by atoms with Crippen LogP contribution in [-0.2, 0) is 33.3 Å². The van der Waals surface area contributed by atoms with Crippen LogP contribution < -0.4 is 10.6 Å². The van der Waals surface area contributed by atoms with E-state index in [1.807, 2.05) is 0 Å². The Kier molecular flexibility index (Phi) is 9.07. The van der Waals surface area contributed by atoms with E-state index in [2.05, 4.69) is 37.5 Å². The molecule has 2 N–H and O–H groups in total. The first-order valence-corrected chi connectivity index (χ1v) is 17.3. The van der Waals surface area contributed by atoms with Gasteiger partial charge in [-0.1, -0.05) is 11.6 Å². The first kappa shape index (κ1) is 32.1. The molecule has 1 amide bonds. The molecule has 0 radical (unpaired) electrons. The van der Waals surface area contributed by atoms with Gasteiger partial charge in [-0.2, -0.15) is 0 Å². The summed E-state index contributed by atoms with van der Waals surface area (Å²) in [5, 5.41) is 6.63. The Morgan fingerprint density at radius 3 is 2.32 bits per heavy atom. The predicted molar refractivity (Wildman–Crippen MR) is 165 cm³/mol. The van der Waals surface area contributed by atoms with Crippen LogP contribution in [0.25, 0.3) is 0 Å². The van der Waals surface area contributed by atoms with Gasteiger partial charge in [0, 0.05) is 30.3 Å². The number of epoxide rings is 2. The summed E-state index contributed by atoms with van der Waals surface area (Å²) in [5.74, 6) is 0.372. The van der Waals surface area contributed by atoms with E-state index in [0.717, 1.165) is 90.2 Å². The monoisotopic (exact) mass is 614 g/mol. The number of ether oxygens (including phenoxy) is 4. The van der Waals surface area contributed by atoms with Crippen LogP contribution in [0, 0.1) is 16.7 Å². The minimum absolute atomic E-state index is 0.0676. The summed E-state index contributed by atoms with van der Waals surface area (Å²) in [7, 11) is 1.76. The summed E-state index contributed by atoms with van der Waals surface area (Å²) < 4.78 is 24.0. The van der Waals surface area contributed by atoms with Gasteiger partial charge in [-0.05, 0) is 111 Å². The Morgan fingerprint density at radius 1 is 1.00 bits per heavy atom. The lowest BCUT2D eigenvalue weighted by Crippen LogP contribution is -2.62. The molecule has 7 aliphatic rings. The number of hydrogen-bond donors (Lipinski definition) is 2. The Bertz CT molecular complexity index is 1110. The minimum Gasteiger partial charge on any atom is -0.465 e. The molecule has 9 heteroatoms. The number of unbranched alkanes of at least 4 members (excludes halogenated alkanes) is 1. The highest BCUT2D eigenvalue weighted by Crippen LogP contribution is 2.60. The number of carbonyl (C=O) groups is 3. The highest BCUT2D eigenvalue weighted by molar-refractivity contribution is 5.88. The van der Waals surface area contributed by atoms with Crippen LogP contribution in [0.4, 0.5) is 0 Å². The molecule has 246 valence electrons. The molecule has 44 heavy (non-hydrogen) atoms. The van der Waals surface area contributed by atoms with Gasteiger partial charge in [0.25, 0.3) is 0 Å². The van der Waals surface area contributed by atoms with Crippen LogP contribution in [0.2, 0.25) is 0 Å². The van der Waals surface area contributed by atoms with Gasteiger partial charge in [0.05, 0.1) is 37.1 Å². The molecular weight excluding hydrogens is 560 g/mol. The first-order valence-electron chi connectivity index (χ1n) is 17.3. The van der Waals surface area contributed by atoms with E-state index in [-0.39, 0.29) is 58.7 Å². The molecule has 0 aromatic heterocycles. The topological polar surface area (TPSA) is 119 Å². The minimum atomic E-state index is -0.393. The molecule has 3 heterocycles. The zero-order valence-electron chi connectivity index (χ0n) is 27.3. The maximum absolute atomic E-state index is 14.0. The average molecular weight is 615 g/mol. The van der Waals surface area contributed by atoms with E-state index < -0.39 is 5.41 Å². The van der Waals surface area contributed by atoms with Crippen LogP contribution in [0.15, 0.2) is 11.6 Å². The van der Waals surface area contributed by atoms with Gasteiger partial charge in [-0.15, -0.1) is 0 Å². The van der Waals surface area contributed by atoms with Crippen LogP contribution in [0.3, 0.4) is 0 Å². The number of ketones is 1. The maximum atomic E-state index is 14.0. The number of Topliss-reactive ketones (excluding diaryl/α,β-unsaturated/α-hetero) is 1. The van der Waals surface area contributed by atoms with Crippen molar-refractivity contribution in [2.24, 2.45) is 16.7 Å². The molecule has 0 aromatic carbocycles. The Hall–Kier alpha value is -1.81. The van der Waals surface area contributed by atoms with Crippen molar-refractivity contribution in [2.45, 2.75) is 146 Å². The van der Waals surface area contributed by atoms with Gasteiger partial charge in [0.15, 0.2) is 0 Å². The lowest BCUT2D eigenvalue weighted by molar-refractivity contribution is -0.152. The number of methoxy groups -OCH3 is 1. The number of allylic oxidation sites excluding steroid dienone is 1. The molecule has 9 nitrogen and oxygen atoms in total. The zero-order valence-corrected chi connectivity index (χ0v) is 27.3. The van der Waals surface area contributed by atoms with Crippen LogP contribution in [0.1, 0.15) is 111 Å². The van der Waals surface area contributed by atoms with E-state index in [4.69, 9.17) is 18.9 Å². The van der Waals surface area contributed by atoms with E-state index in [1.165, 1.54) is 5.57 Å². The number of rotatable bonds is 13. The number of esters is 1. The van der Waals surface area contributed by atoms with E-state index in [1.54, 1.807) is 7.11 Å². The smallest absolute Gasteiger partial charge is 0.323 e. The molecular formula is C35H54N2O7. The third-order valence-corrected chi connectivity index (χ3v) is 12.3. The zero-order chi connectivity index (χ0) is 31.2. The van der Waals surface area contributed by atoms with Gasteiger partial charge in [0.1, 0.15) is 17.4 Å². The largest absolute Gasteiger partial charge is 0.465 e. The highest BCUT2D eigenvalue weighted by atomic mass is 16.6. The van der Waals surface area contributed by atoms with Crippen LogP contribution >= 0.6 is 0 Å². The SMILES string of the molecule is CO[C@@H]1[C@H](NC(=O)C23CCC(C(=O)CCCCOC(=O)C4CCCN4)(CC2)CC3)CC[C@]2(CO2)[C@H]1[C@@]1(C)O[C@@H]1CC=C(C)C. The molecule has 0 aromatic rings. The average Bonchev–Trinajstić information content (AvgIpc) is 3.86. The van der Waals surface area contributed by atoms with Crippen molar-refractivity contribution in [3.8, 4) is 0 Å². The highest BCUT2D eigenvalue weighted by Gasteiger charge is 2.72. The molecule has 3 aliphatic heterocycles. The van der Waals surface area contributed by atoms with Gasteiger partial charge >= 0.3 is 5.97 Å². The molecule has 2 bridgehead atoms. The maximum Gasteiger partial charge on any atom is 0.323 e. The van der Waals surface area contributed by atoms with Gasteiger partial charge in [-0.25, -0.2) is 0 Å². The number of amides is 1. The summed E-state index contributed by atoms with van der Waals surface area (Å²) in [6, 6.07) is -0.248. The van der Waals surface area contributed by atoms with Gasteiger partial charge in [-0.3, -0.25) is 14.4 Å². The fraction of sp³-hybridized carbons (Fsp3) is 0.857. The lowest BCUT2D eigenvalue weighted by atomic mass is 9.52. The molecule has 1 spiro atoms. The van der Waals surface area contributed by atoms with Crippen LogP contribution in [0.5, 0.6) is 0 Å². The van der Waals surface area contributed by atoms with Crippen molar-refractivity contribution >= 4 is 17.7 Å². The van der Waals surface area contributed by atoms with Crippen molar-refractivity contribution in [1.82, 2.24) is 10.6 Å². The number of fused-ring (bicyclic) bond motifs is 3. The summed E-state index contributed by atoms with van der Waals surface area (Å²) in [4.78, 5) is 39.5. The summed E-state index contributed by atoms with van der Waals surface area (Å²) in [6.07, 6.45) is 13.3. The number of carbonyl (C=O) groups excluding carboxylic acids is 3. The molecule has 7 atom stereocenters. The molecule has 4 aliphatic carbocycles. The normalized spacial score (nSPS) is 42.1. The molecule has 1 unspecified atom stereocenters. The number of nitrogens with one attached hydrogen (secondary N) is 2. The van der Waals surface area contributed by atoms with Gasteiger partial charge < -0.3 is 29.6 Å². The fourth-order valence-corrected chi connectivity index (χ4v) is 9.22. The third-order valence-electron chi connectivity index (χ3n) is 12.3. The summed E-state index contributed by atoms with van der Waals surface area (Å²) in [6.45, 7) is 8.40. The Labute approximate surface area is 262 Å². The van der Waals surface area contributed by atoms with E-state index in [0.29, 0.717) is 25.2 Å². The Morgan fingerprint density at radius 2 is 1.70 bits per heavy atom. The second-order valence-corrected chi connectivity index (χ2v) is 15.2. The second kappa shape index (κ2) is 12.4. The lowest BCUT2D eigenvalue weighted by Gasteiger charge is -2.52. The van der Waals surface area contributed by atoms with Crippen molar-refractivity contribution < 1.29 is 33.3 Å². The van der Waals surface area contributed by atoms with Gasteiger partial charge in [0.2, 0.25) is 5.91 Å². The van der Waals surface area contributed by atoms with Crippen molar-refractivity contribution in [2.75, 3.05) is 26.9 Å². The third kappa shape index (κ3) is 6.03. The standard InChI is InChI=1S/C35H54N2O7/c1-23(2)10-11-27-32(3,44-27)29-28(41-4)24(12-13-35(29)22-43-35)37-31(40)34-17-14-33(15-18-34,16-19-34)26(38)9-5-6-21-42-30(39)25-8-7-20-36-25/h10,24-25,27-29,36H,5-9,11-22H2,1-4H3,(H,37,40)/t24-,25?,27-,28-,29-,32+,33?,34?,35+/m1/s1. The van der Waals surface area contributed by atoms with Crippen molar-refractivity contribution in [3.63, 3.8) is 0 Å². The fourth-order valence-electron chi connectivity index (χ4n) is 9.22. The second-order valence-electron chi connectivity index (χ2n) is 15.2. The summed E-state index contributed by atoms with van der Waals surface area (Å²) in [5.41, 5.74) is 0.0761. The predicted octanol–water partition coefficient (Wildman–Crippen LogP) is 4.55. The molecule has 4 saturated carbocycles. The van der Waals surface area contributed by atoms with Crippen molar-refractivity contribution in [1.29, 1.82) is 0 Å². The first-order chi connectivity index (χ1) is 21.1. The van der Waals surface area contributed by atoms with Crippen LogP contribution in [-0.4, -0.2) is 80.0 Å². The molecule has 7 rings (SSSR count). The van der Waals surface area contributed by atoms with E-state index in [9.17, 15) is 14.4 Å². The molecule has 7 fully saturated rings. The number of hydrogen-bond acceptors (Lipinski definition) is 8. The quantitative estimate of drug-likeness (QED) is 0.134. The van der Waals surface area contributed by atoms with Crippen molar-refractivity contribution in [3.05, 3.63) is 11.6 Å². The molecule has 3 saturated heterocycles. The Balaban J connectivity index is 0.998.